The van der Waals surface area contributed by atoms with Crippen LogP contribution in [0.4, 0.5) is 5.69 Å². The van der Waals surface area contributed by atoms with E-state index in [1.807, 2.05) is 0 Å². The zero-order valence-electron chi connectivity index (χ0n) is 11.7. The summed E-state index contributed by atoms with van der Waals surface area (Å²) in [7, 11) is 0. The van der Waals surface area contributed by atoms with E-state index >= 15 is 0 Å². The summed E-state index contributed by atoms with van der Waals surface area (Å²) in [5, 5.41) is 29.2. The number of carboxylic acids is 1. The maximum Gasteiger partial charge on any atom is 0.305 e. The molecule has 0 bridgehead atoms. The lowest BCUT2D eigenvalue weighted by molar-refractivity contribution is -0.384. The molecule has 2 N–H and O–H groups in total. The second-order valence-electron chi connectivity index (χ2n) is 4.93. The van der Waals surface area contributed by atoms with Crippen LogP contribution >= 0.6 is 0 Å². The third-order valence-corrected chi connectivity index (χ3v) is 3.25. The molecular weight excluding hydrogens is 286 g/mol. The summed E-state index contributed by atoms with van der Waals surface area (Å²) < 4.78 is 0. The van der Waals surface area contributed by atoms with Gasteiger partial charge in [-0.05, 0) is 23.6 Å². The zero-order valence-corrected chi connectivity index (χ0v) is 11.7. The highest BCUT2D eigenvalue weighted by molar-refractivity contribution is 5.73. The molecule has 0 spiro atoms. The lowest BCUT2D eigenvalue weighted by Gasteiger charge is -2.09. The predicted molar refractivity (Wildman–Crippen MR) is 80.5 cm³/mol. The maximum absolute atomic E-state index is 11.0. The van der Waals surface area contributed by atoms with Crippen LogP contribution in [-0.4, -0.2) is 27.2 Å². The Morgan fingerprint density at radius 1 is 1.14 bits per heavy atom. The average molecular weight is 301 g/mol. The Balaban J connectivity index is 2.19. The van der Waals surface area contributed by atoms with Crippen LogP contribution in [0.25, 0.3) is 11.1 Å². The smallest absolute Gasteiger partial charge is 0.305 e. The third-order valence-electron chi connectivity index (χ3n) is 3.25. The highest BCUT2D eigenvalue weighted by Crippen LogP contribution is 2.29. The second kappa shape index (κ2) is 6.82. The molecule has 1 atom stereocenters. The molecule has 0 aliphatic heterocycles. The topological polar surface area (TPSA) is 101 Å². The number of aliphatic carboxylic acids is 1. The molecule has 0 radical (unpaired) electrons. The summed E-state index contributed by atoms with van der Waals surface area (Å²) in [4.78, 5) is 21.1. The van der Waals surface area contributed by atoms with E-state index in [4.69, 9.17) is 5.11 Å². The molecule has 0 aliphatic carbocycles. The first-order chi connectivity index (χ1) is 10.5. The first-order valence-corrected chi connectivity index (χ1v) is 6.70. The van der Waals surface area contributed by atoms with Gasteiger partial charge in [-0.15, -0.1) is 0 Å². The van der Waals surface area contributed by atoms with E-state index in [1.165, 1.54) is 6.07 Å². The van der Waals surface area contributed by atoms with E-state index in [1.54, 1.807) is 42.5 Å². The van der Waals surface area contributed by atoms with Crippen LogP contribution in [0, 0.1) is 10.1 Å². The molecule has 2 aromatic carbocycles. The summed E-state index contributed by atoms with van der Waals surface area (Å²) in [6.45, 7) is 0. The summed E-state index contributed by atoms with van der Waals surface area (Å²) in [5.41, 5.74) is 2.02. The van der Waals surface area contributed by atoms with Crippen LogP contribution in [0.1, 0.15) is 12.0 Å². The molecule has 2 rings (SSSR count). The van der Waals surface area contributed by atoms with Crippen molar-refractivity contribution in [3.63, 3.8) is 0 Å². The van der Waals surface area contributed by atoms with Crippen molar-refractivity contribution < 1.29 is 19.9 Å². The Morgan fingerprint density at radius 3 is 2.36 bits per heavy atom. The van der Waals surface area contributed by atoms with Crippen LogP contribution in [0.3, 0.4) is 0 Å². The Morgan fingerprint density at radius 2 is 1.77 bits per heavy atom. The molecule has 22 heavy (non-hydrogen) atoms. The second-order valence-corrected chi connectivity index (χ2v) is 4.93. The number of carbonyl (C=O) groups is 1. The number of benzene rings is 2. The predicted octanol–water partition coefficient (Wildman–Crippen LogP) is 2.64. The Hall–Kier alpha value is -2.73. The molecule has 114 valence electrons. The van der Waals surface area contributed by atoms with Crippen LogP contribution in [0.15, 0.2) is 48.5 Å². The SMILES string of the molecule is O=C(O)CC(O)Cc1ccc(-c2ccccc2[N+](=O)[O-])cc1. The van der Waals surface area contributed by atoms with E-state index in [-0.39, 0.29) is 18.5 Å². The number of hydrogen-bond donors (Lipinski definition) is 2. The molecule has 0 amide bonds. The van der Waals surface area contributed by atoms with Crippen molar-refractivity contribution >= 4 is 11.7 Å². The maximum atomic E-state index is 11.0. The average Bonchev–Trinajstić information content (AvgIpc) is 2.47. The van der Waals surface area contributed by atoms with Gasteiger partial charge in [-0.25, -0.2) is 0 Å². The number of nitro benzene ring substituents is 1. The van der Waals surface area contributed by atoms with Crippen molar-refractivity contribution in [2.45, 2.75) is 18.9 Å². The van der Waals surface area contributed by atoms with Gasteiger partial charge in [0.25, 0.3) is 5.69 Å². The monoisotopic (exact) mass is 301 g/mol. The van der Waals surface area contributed by atoms with Gasteiger partial charge in [0.15, 0.2) is 0 Å². The van der Waals surface area contributed by atoms with E-state index in [0.717, 1.165) is 5.56 Å². The van der Waals surface area contributed by atoms with E-state index < -0.39 is 17.0 Å². The Labute approximate surface area is 126 Å². The van der Waals surface area contributed by atoms with Crippen LogP contribution in [0.2, 0.25) is 0 Å². The minimum absolute atomic E-state index is 0.0289. The fraction of sp³-hybridized carbons (Fsp3) is 0.188. The van der Waals surface area contributed by atoms with Gasteiger partial charge in [0, 0.05) is 6.07 Å². The zero-order chi connectivity index (χ0) is 16.1. The van der Waals surface area contributed by atoms with Gasteiger partial charge in [0.1, 0.15) is 0 Å². The van der Waals surface area contributed by atoms with Gasteiger partial charge in [-0.2, -0.15) is 0 Å². The first-order valence-electron chi connectivity index (χ1n) is 6.70. The lowest BCUT2D eigenvalue weighted by Crippen LogP contribution is -2.15. The number of aliphatic hydroxyl groups is 1. The molecule has 1 unspecified atom stereocenters. The summed E-state index contributed by atoms with van der Waals surface area (Å²) in [5.74, 6) is -1.05. The normalized spacial score (nSPS) is 11.9. The number of nitrogens with zero attached hydrogens (tertiary/aromatic N) is 1. The number of rotatable bonds is 6. The van der Waals surface area contributed by atoms with E-state index in [0.29, 0.717) is 11.1 Å². The van der Waals surface area contributed by atoms with Gasteiger partial charge in [-0.3, -0.25) is 14.9 Å². The van der Waals surface area contributed by atoms with E-state index in [2.05, 4.69) is 0 Å². The van der Waals surface area contributed by atoms with Crippen molar-refractivity contribution in [3.8, 4) is 11.1 Å². The fourth-order valence-corrected chi connectivity index (χ4v) is 2.24. The lowest BCUT2D eigenvalue weighted by atomic mass is 9.99. The number of nitro groups is 1. The van der Waals surface area contributed by atoms with Gasteiger partial charge < -0.3 is 10.2 Å². The standard InChI is InChI=1S/C16H15NO5/c18-13(10-16(19)20)9-11-5-7-12(8-6-11)14-3-1-2-4-15(14)17(21)22/h1-8,13,18H,9-10H2,(H,19,20). The molecule has 0 saturated carbocycles. The molecule has 0 saturated heterocycles. The van der Waals surface area contributed by atoms with Crippen molar-refractivity contribution in [2.24, 2.45) is 0 Å². The van der Waals surface area contributed by atoms with Gasteiger partial charge in [0.2, 0.25) is 0 Å². The largest absolute Gasteiger partial charge is 0.481 e. The highest BCUT2D eigenvalue weighted by Gasteiger charge is 2.14. The van der Waals surface area contributed by atoms with Gasteiger partial charge >= 0.3 is 5.97 Å². The molecule has 0 aromatic heterocycles. The van der Waals surface area contributed by atoms with Gasteiger partial charge in [-0.1, -0.05) is 36.4 Å². The van der Waals surface area contributed by atoms with Gasteiger partial charge in [0.05, 0.1) is 23.0 Å². The quantitative estimate of drug-likeness (QED) is 0.631. The van der Waals surface area contributed by atoms with Crippen molar-refractivity contribution in [3.05, 3.63) is 64.2 Å². The molecule has 0 aliphatic rings. The van der Waals surface area contributed by atoms with Crippen LogP contribution in [-0.2, 0) is 11.2 Å². The van der Waals surface area contributed by atoms with Crippen molar-refractivity contribution in [1.29, 1.82) is 0 Å². The van der Waals surface area contributed by atoms with E-state index in [9.17, 15) is 20.0 Å². The van der Waals surface area contributed by atoms with Crippen LogP contribution in [0.5, 0.6) is 0 Å². The molecule has 0 fully saturated rings. The van der Waals surface area contributed by atoms with Crippen LogP contribution < -0.4 is 0 Å². The minimum Gasteiger partial charge on any atom is -0.481 e. The number of carboxylic acid groups (broad SMARTS) is 1. The minimum atomic E-state index is -1.05. The number of hydrogen-bond acceptors (Lipinski definition) is 4. The molecule has 2 aromatic rings. The summed E-state index contributed by atoms with van der Waals surface area (Å²) in [6, 6.07) is 13.4. The van der Waals surface area contributed by atoms with Crippen molar-refractivity contribution in [2.75, 3.05) is 0 Å². The third kappa shape index (κ3) is 3.89. The summed E-state index contributed by atoms with van der Waals surface area (Å²) in [6.07, 6.45) is -1.04. The molecular formula is C16H15NO5. The summed E-state index contributed by atoms with van der Waals surface area (Å²) >= 11 is 0. The number of aliphatic hydroxyl groups excluding tert-OH is 1. The molecule has 0 heterocycles. The fourth-order valence-electron chi connectivity index (χ4n) is 2.24. The molecule has 6 heteroatoms. The number of para-hydroxylation sites is 1. The Bertz CT molecular complexity index is 681. The highest BCUT2D eigenvalue weighted by atomic mass is 16.6. The molecule has 6 nitrogen and oxygen atoms in total. The Kier molecular flexibility index (Phi) is 4.85. The first kappa shape index (κ1) is 15.7. The van der Waals surface area contributed by atoms with Crippen molar-refractivity contribution in [1.82, 2.24) is 0 Å².